The van der Waals surface area contributed by atoms with Gasteiger partial charge in [-0.1, -0.05) is 12.1 Å². The number of fused-ring (bicyclic) bond motifs is 1. The van der Waals surface area contributed by atoms with E-state index in [2.05, 4.69) is 15.3 Å². The van der Waals surface area contributed by atoms with E-state index in [9.17, 15) is 4.79 Å². The molecule has 132 valence electrons. The van der Waals surface area contributed by atoms with Crippen LogP contribution in [-0.4, -0.2) is 23.9 Å². The van der Waals surface area contributed by atoms with Gasteiger partial charge in [0.15, 0.2) is 11.5 Å². The molecule has 2 heterocycles. The molecule has 0 unspecified atom stereocenters. The zero-order chi connectivity index (χ0) is 17.9. The van der Waals surface area contributed by atoms with E-state index < -0.39 is 0 Å². The normalized spacial score (nSPS) is 12.0. The summed E-state index contributed by atoms with van der Waals surface area (Å²) >= 11 is 0. The maximum absolute atomic E-state index is 12.0. The molecule has 3 aromatic rings. The molecule has 0 saturated heterocycles. The van der Waals surface area contributed by atoms with Crippen LogP contribution >= 0.6 is 0 Å². The molecular weight excluding hydrogens is 334 g/mol. The second kappa shape index (κ2) is 6.79. The van der Waals surface area contributed by atoms with Gasteiger partial charge in [-0.2, -0.15) is 4.98 Å². The number of hydrogen-bond acceptors (Lipinski definition) is 6. The Balaban J connectivity index is 1.57. The van der Waals surface area contributed by atoms with Gasteiger partial charge in [-0.15, -0.1) is 0 Å². The lowest BCUT2D eigenvalue weighted by Crippen LogP contribution is -2.12. The van der Waals surface area contributed by atoms with Crippen LogP contribution in [0.4, 0.5) is 5.95 Å². The highest BCUT2D eigenvalue weighted by molar-refractivity contribution is 5.65. The number of methoxy groups -OCH3 is 1. The lowest BCUT2D eigenvalue weighted by Gasteiger charge is -2.09. The summed E-state index contributed by atoms with van der Waals surface area (Å²) in [7, 11) is 1.63. The highest BCUT2D eigenvalue weighted by Crippen LogP contribution is 2.35. The molecule has 4 rings (SSSR count). The standard InChI is InChI=1S/C19H17N3O4/c1-24-14-4-2-3-12(7-14)10-20-19-21-15(9-18(23)22-19)13-5-6-16-17(8-13)26-11-25-16/h2-9H,10-11H2,1H3,(H2,20,21,22,23). The van der Waals surface area contributed by atoms with E-state index in [1.807, 2.05) is 42.5 Å². The molecule has 0 atom stereocenters. The van der Waals surface area contributed by atoms with E-state index >= 15 is 0 Å². The number of aromatic amines is 1. The third-order valence-corrected chi connectivity index (χ3v) is 4.02. The molecule has 0 bridgehead atoms. The first-order chi connectivity index (χ1) is 12.7. The molecule has 2 aromatic carbocycles. The first-order valence-electron chi connectivity index (χ1n) is 8.09. The molecule has 7 nitrogen and oxygen atoms in total. The predicted molar refractivity (Wildman–Crippen MR) is 96.7 cm³/mol. The van der Waals surface area contributed by atoms with E-state index in [1.54, 1.807) is 7.11 Å². The SMILES string of the molecule is COc1cccc(CNc2nc(=O)cc(-c3ccc4c(c3)OCO4)[nH]2)c1. The number of aromatic nitrogens is 2. The Morgan fingerprint density at radius 3 is 2.92 bits per heavy atom. The molecule has 0 spiro atoms. The number of anilines is 1. The number of rotatable bonds is 5. The molecule has 2 N–H and O–H groups in total. The molecule has 0 fully saturated rings. The molecule has 7 heteroatoms. The van der Waals surface area contributed by atoms with Crippen LogP contribution in [-0.2, 0) is 6.54 Å². The van der Waals surface area contributed by atoms with Gasteiger partial charge < -0.3 is 24.5 Å². The van der Waals surface area contributed by atoms with Crippen LogP contribution in [0.15, 0.2) is 53.3 Å². The van der Waals surface area contributed by atoms with Crippen molar-refractivity contribution in [2.45, 2.75) is 6.54 Å². The number of hydrogen-bond donors (Lipinski definition) is 2. The molecule has 0 radical (unpaired) electrons. The Kier molecular flexibility index (Phi) is 4.18. The lowest BCUT2D eigenvalue weighted by molar-refractivity contribution is 0.174. The lowest BCUT2D eigenvalue weighted by atomic mass is 10.1. The Morgan fingerprint density at radius 1 is 1.15 bits per heavy atom. The van der Waals surface area contributed by atoms with Crippen LogP contribution in [0, 0.1) is 0 Å². The van der Waals surface area contributed by atoms with Crippen molar-refractivity contribution in [2.75, 3.05) is 19.2 Å². The fourth-order valence-corrected chi connectivity index (χ4v) is 2.73. The smallest absolute Gasteiger partial charge is 0.275 e. The first kappa shape index (κ1) is 16.0. The zero-order valence-corrected chi connectivity index (χ0v) is 14.1. The molecule has 1 aliphatic heterocycles. The van der Waals surface area contributed by atoms with Gasteiger partial charge in [-0.25, -0.2) is 0 Å². The summed E-state index contributed by atoms with van der Waals surface area (Å²) in [6, 6.07) is 14.7. The third kappa shape index (κ3) is 3.32. The molecular formula is C19H17N3O4. The molecule has 26 heavy (non-hydrogen) atoms. The Labute approximate surface area is 149 Å². The third-order valence-electron chi connectivity index (χ3n) is 4.02. The summed E-state index contributed by atoms with van der Waals surface area (Å²) in [5.41, 5.74) is 2.15. The van der Waals surface area contributed by atoms with Crippen LogP contribution in [0.3, 0.4) is 0 Å². The van der Waals surface area contributed by atoms with Crippen LogP contribution < -0.4 is 25.1 Å². The van der Waals surface area contributed by atoms with Crippen molar-refractivity contribution < 1.29 is 14.2 Å². The summed E-state index contributed by atoms with van der Waals surface area (Å²) < 4.78 is 15.9. The van der Waals surface area contributed by atoms with Crippen molar-refractivity contribution in [3.05, 3.63) is 64.4 Å². The molecule has 0 amide bonds. The molecule has 0 saturated carbocycles. The topological polar surface area (TPSA) is 85.5 Å². The fraction of sp³-hybridized carbons (Fsp3) is 0.158. The van der Waals surface area contributed by atoms with Gasteiger partial charge in [-0.3, -0.25) is 4.79 Å². The summed E-state index contributed by atoms with van der Waals surface area (Å²) in [6.07, 6.45) is 0. The van der Waals surface area contributed by atoms with E-state index in [0.717, 1.165) is 16.9 Å². The fourth-order valence-electron chi connectivity index (χ4n) is 2.73. The number of nitrogens with zero attached hydrogens (tertiary/aromatic N) is 1. The summed E-state index contributed by atoms with van der Waals surface area (Å²) in [4.78, 5) is 19.1. The number of benzene rings is 2. The number of H-pyrrole nitrogens is 1. The van der Waals surface area contributed by atoms with E-state index in [4.69, 9.17) is 14.2 Å². The zero-order valence-electron chi connectivity index (χ0n) is 14.1. The largest absolute Gasteiger partial charge is 0.497 e. The first-order valence-corrected chi connectivity index (χ1v) is 8.09. The summed E-state index contributed by atoms with van der Waals surface area (Å²) in [5.74, 6) is 2.53. The van der Waals surface area contributed by atoms with Gasteiger partial charge >= 0.3 is 0 Å². The highest BCUT2D eigenvalue weighted by Gasteiger charge is 2.14. The maximum Gasteiger partial charge on any atom is 0.275 e. The second-order valence-electron chi connectivity index (χ2n) is 5.75. The van der Waals surface area contributed by atoms with Crippen LogP contribution in [0.1, 0.15) is 5.56 Å². The predicted octanol–water partition coefficient (Wildman–Crippen LogP) is 2.79. The van der Waals surface area contributed by atoms with Crippen molar-refractivity contribution in [2.24, 2.45) is 0 Å². The van der Waals surface area contributed by atoms with E-state index in [0.29, 0.717) is 29.7 Å². The molecule has 0 aliphatic carbocycles. The van der Waals surface area contributed by atoms with Crippen molar-refractivity contribution in [3.8, 4) is 28.5 Å². The van der Waals surface area contributed by atoms with Crippen molar-refractivity contribution in [1.29, 1.82) is 0 Å². The van der Waals surface area contributed by atoms with Crippen molar-refractivity contribution in [3.63, 3.8) is 0 Å². The van der Waals surface area contributed by atoms with Crippen molar-refractivity contribution >= 4 is 5.95 Å². The monoisotopic (exact) mass is 351 g/mol. The molecule has 1 aliphatic rings. The minimum absolute atomic E-state index is 0.207. The molecule has 1 aromatic heterocycles. The van der Waals surface area contributed by atoms with Gasteiger partial charge in [0.1, 0.15) is 5.75 Å². The van der Waals surface area contributed by atoms with E-state index in [-0.39, 0.29) is 12.4 Å². The quantitative estimate of drug-likeness (QED) is 0.735. The minimum atomic E-state index is -0.329. The Hall–Kier alpha value is -3.48. The van der Waals surface area contributed by atoms with Gasteiger partial charge in [0.2, 0.25) is 12.7 Å². The van der Waals surface area contributed by atoms with Gasteiger partial charge in [-0.05, 0) is 35.9 Å². The Bertz CT molecular complexity index is 1000. The summed E-state index contributed by atoms with van der Waals surface area (Å²) in [6.45, 7) is 0.712. The van der Waals surface area contributed by atoms with Gasteiger partial charge in [0.05, 0.1) is 12.8 Å². The summed E-state index contributed by atoms with van der Waals surface area (Å²) in [5, 5.41) is 3.14. The average Bonchev–Trinajstić information content (AvgIpc) is 3.14. The number of ether oxygens (including phenoxy) is 3. The van der Waals surface area contributed by atoms with Crippen LogP contribution in [0.2, 0.25) is 0 Å². The second-order valence-corrected chi connectivity index (χ2v) is 5.75. The van der Waals surface area contributed by atoms with Crippen LogP contribution in [0.25, 0.3) is 11.3 Å². The highest BCUT2D eigenvalue weighted by atomic mass is 16.7. The number of nitrogens with one attached hydrogen (secondary N) is 2. The minimum Gasteiger partial charge on any atom is -0.497 e. The van der Waals surface area contributed by atoms with E-state index in [1.165, 1.54) is 6.07 Å². The average molecular weight is 351 g/mol. The van der Waals surface area contributed by atoms with Gasteiger partial charge in [0.25, 0.3) is 5.56 Å². The van der Waals surface area contributed by atoms with Crippen molar-refractivity contribution in [1.82, 2.24) is 9.97 Å². The van der Waals surface area contributed by atoms with Crippen LogP contribution in [0.5, 0.6) is 17.2 Å². The van der Waals surface area contributed by atoms with Gasteiger partial charge in [0, 0.05) is 18.2 Å². The maximum atomic E-state index is 12.0. The Morgan fingerprint density at radius 2 is 2.04 bits per heavy atom.